The zero-order valence-electron chi connectivity index (χ0n) is 10.7. The van der Waals surface area contributed by atoms with Gasteiger partial charge in [0.1, 0.15) is 0 Å². The Bertz CT molecular complexity index is 136. The van der Waals surface area contributed by atoms with Gasteiger partial charge in [0, 0.05) is 12.6 Å². The van der Waals surface area contributed by atoms with E-state index in [1.54, 1.807) is 0 Å². The molecular formula is C11H27N3. The maximum absolute atomic E-state index is 3.56. The predicted octanol–water partition coefficient (Wildman–Crippen LogP) is 1.91. The fourth-order valence-corrected chi connectivity index (χ4v) is 1.51. The van der Waals surface area contributed by atoms with E-state index < -0.39 is 0 Å². The zero-order chi connectivity index (χ0) is 11.1. The monoisotopic (exact) mass is 201 g/mol. The van der Waals surface area contributed by atoms with Crippen molar-refractivity contribution in [3.63, 3.8) is 0 Å². The van der Waals surface area contributed by atoms with Crippen LogP contribution in [-0.4, -0.2) is 42.8 Å². The van der Waals surface area contributed by atoms with E-state index in [0.29, 0.717) is 12.2 Å². The molecule has 0 amide bonds. The number of nitrogens with zero attached hydrogens (tertiary/aromatic N) is 2. The Morgan fingerprint density at radius 1 is 1.07 bits per heavy atom. The summed E-state index contributed by atoms with van der Waals surface area (Å²) >= 11 is 0. The summed E-state index contributed by atoms with van der Waals surface area (Å²) in [6.45, 7) is 9.95. The molecule has 0 spiro atoms. The van der Waals surface area contributed by atoms with Crippen LogP contribution in [0.2, 0.25) is 0 Å². The summed E-state index contributed by atoms with van der Waals surface area (Å²) in [6, 6.07) is 0.606. The quantitative estimate of drug-likeness (QED) is 0.501. The highest BCUT2D eigenvalue weighted by Gasteiger charge is 2.15. The van der Waals surface area contributed by atoms with E-state index in [0.717, 1.165) is 13.0 Å². The third kappa shape index (κ3) is 4.40. The molecule has 2 atom stereocenters. The summed E-state index contributed by atoms with van der Waals surface area (Å²) < 4.78 is 0. The van der Waals surface area contributed by atoms with Gasteiger partial charge in [-0.1, -0.05) is 20.8 Å². The fourth-order valence-electron chi connectivity index (χ4n) is 1.51. The molecule has 0 aromatic rings. The minimum atomic E-state index is 0.448. The highest BCUT2D eigenvalue weighted by Crippen LogP contribution is 2.03. The van der Waals surface area contributed by atoms with Crippen LogP contribution in [-0.2, 0) is 0 Å². The summed E-state index contributed by atoms with van der Waals surface area (Å²) in [5.74, 6) is 0. The Hall–Kier alpha value is -0.120. The zero-order valence-corrected chi connectivity index (χ0v) is 10.7. The Morgan fingerprint density at radius 2 is 1.64 bits per heavy atom. The molecule has 0 aliphatic carbocycles. The summed E-state index contributed by atoms with van der Waals surface area (Å²) in [5, 5.41) is 2.33. The normalized spacial score (nSPS) is 16.3. The van der Waals surface area contributed by atoms with Crippen molar-refractivity contribution in [3.8, 4) is 0 Å². The molecule has 0 aliphatic rings. The highest BCUT2D eigenvalue weighted by molar-refractivity contribution is 4.65. The standard InChI is InChI=1S/C11H27N3/c1-7-10(4)14(9-3)12-11(8-2)13(5)6/h10-12H,7-9H2,1-6H3. The van der Waals surface area contributed by atoms with E-state index in [9.17, 15) is 0 Å². The molecule has 1 N–H and O–H groups in total. The van der Waals surface area contributed by atoms with Crippen LogP contribution in [0.15, 0.2) is 0 Å². The van der Waals surface area contributed by atoms with E-state index in [2.05, 4.69) is 57.1 Å². The molecule has 3 heteroatoms. The van der Waals surface area contributed by atoms with Crippen LogP contribution < -0.4 is 5.43 Å². The molecule has 0 radical (unpaired) electrons. The average Bonchev–Trinajstić information content (AvgIpc) is 2.18. The Kier molecular flexibility index (Phi) is 7.15. The summed E-state index contributed by atoms with van der Waals surface area (Å²) in [6.07, 6.45) is 2.76. The third-order valence-electron chi connectivity index (χ3n) is 2.79. The van der Waals surface area contributed by atoms with E-state index in [1.165, 1.54) is 6.42 Å². The van der Waals surface area contributed by atoms with Gasteiger partial charge in [-0.3, -0.25) is 4.90 Å². The van der Waals surface area contributed by atoms with Crippen molar-refractivity contribution in [3.05, 3.63) is 0 Å². The van der Waals surface area contributed by atoms with E-state index in [1.807, 2.05) is 0 Å². The lowest BCUT2D eigenvalue weighted by atomic mass is 10.2. The molecule has 86 valence electrons. The van der Waals surface area contributed by atoms with Crippen molar-refractivity contribution in [1.29, 1.82) is 0 Å². The average molecular weight is 201 g/mol. The first-order chi connectivity index (χ1) is 6.56. The summed E-state index contributed by atoms with van der Waals surface area (Å²) in [4.78, 5) is 2.23. The van der Waals surface area contributed by atoms with Crippen LogP contribution in [0.3, 0.4) is 0 Å². The van der Waals surface area contributed by atoms with Crippen molar-refractivity contribution in [2.24, 2.45) is 0 Å². The molecule has 0 heterocycles. The van der Waals surface area contributed by atoms with E-state index in [4.69, 9.17) is 0 Å². The molecule has 2 unspecified atom stereocenters. The molecule has 0 fully saturated rings. The molecule has 0 aromatic heterocycles. The van der Waals surface area contributed by atoms with Gasteiger partial charge in [0.15, 0.2) is 0 Å². The molecule has 0 rings (SSSR count). The molecule has 0 saturated carbocycles. The fraction of sp³-hybridized carbons (Fsp3) is 1.00. The predicted molar refractivity (Wildman–Crippen MR) is 63.0 cm³/mol. The van der Waals surface area contributed by atoms with Gasteiger partial charge in [0.2, 0.25) is 0 Å². The lowest BCUT2D eigenvalue weighted by Crippen LogP contribution is -2.53. The molecule has 0 aliphatic heterocycles. The van der Waals surface area contributed by atoms with Crippen LogP contribution in [0.5, 0.6) is 0 Å². The molecule has 3 nitrogen and oxygen atoms in total. The molecule has 0 saturated heterocycles. The molecule has 0 bridgehead atoms. The van der Waals surface area contributed by atoms with Crippen molar-refractivity contribution in [2.45, 2.75) is 52.7 Å². The minimum Gasteiger partial charge on any atom is -0.293 e. The van der Waals surface area contributed by atoms with Gasteiger partial charge in [-0.15, -0.1) is 0 Å². The van der Waals surface area contributed by atoms with Gasteiger partial charge in [0.25, 0.3) is 0 Å². The second-order valence-corrected chi connectivity index (χ2v) is 4.06. The number of hydrogen-bond donors (Lipinski definition) is 1. The van der Waals surface area contributed by atoms with Crippen LogP contribution in [0, 0.1) is 0 Å². The minimum absolute atomic E-state index is 0.448. The van der Waals surface area contributed by atoms with Gasteiger partial charge >= 0.3 is 0 Å². The third-order valence-corrected chi connectivity index (χ3v) is 2.79. The van der Waals surface area contributed by atoms with Crippen LogP contribution in [0.4, 0.5) is 0 Å². The first kappa shape index (κ1) is 13.9. The molecule has 14 heavy (non-hydrogen) atoms. The smallest absolute Gasteiger partial charge is 0.0723 e. The second kappa shape index (κ2) is 7.21. The van der Waals surface area contributed by atoms with Crippen molar-refractivity contribution in [1.82, 2.24) is 15.3 Å². The van der Waals surface area contributed by atoms with Gasteiger partial charge in [-0.2, -0.15) is 0 Å². The van der Waals surface area contributed by atoms with Crippen LogP contribution in [0.25, 0.3) is 0 Å². The van der Waals surface area contributed by atoms with Crippen molar-refractivity contribution in [2.75, 3.05) is 20.6 Å². The topological polar surface area (TPSA) is 18.5 Å². The second-order valence-electron chi connectivity index (χ2n) is 4.06. The Labute approximate surface area is 89.4 Å². The lowest BCUT2D eigenvalue weighted by Gasteiger charge is -2.34. The Morgan fingerprint density at radius 3 is 1.93 bits per heavy atom. The first-order valence-corrected chi connectivity index (χ1v) is 5.75. The summed E-state index contributed by atoms with van der Waals surface area (Å²) in [5.41, 5.74) is 3.56. The largest absolute Gasteiger partial charge is 0.293 e. The van der Waals surface area contributed by atoms with Gasteiger partial charge in [0.05, 0.1) is 6.17 Å². The van der Waals surface area contributed by atoms with Gasteiger partial charge < -0.3 is 0 Å². The van der Waals surface area contributed by atoms with Gasteiger partial charge in [-0.25, -0.2) is 10.4 Å². The lowest BCUT2D eigenvalue weighted by molar-refractivity contribution is 0.0614. The maximum Gasteiger partial charge on any atom is 0.0723 e. The van der Waals surface area contributed by atoms with Gasteiger partial charge in [-0.05, 0) is 33.9 Å². The van der Waals surface area contributed by atoms with Crippen molar-refractivity contribution < 1.29 is 0 Å². The molecular weight excluding hydrogens is 174 g/mol. The number of hydrazine groups is 1. The Balaban J connectivity index is 4.13. The van der Waals surface area contributed by atoms with E-state index >= 15 is 0 Å². The number of hydrogen-bond acceptors (Lipinski definition) is 3. The number of rotatable bonds is 7. The molecule has 0 aromatic carbocycles. The number of nitrogens with one attached hydrogen (secondary N) is 1. The summed E-state index contributed by atoms with van der Waals surface area (Å²) in [7, 11) is 4.23. The van der Waals surface area contributed by atoms with Crippen molar-refractivity contribution >= 4 is 0 Å². The maximum atomic E-state index is 3.56. The van der Waals surface area contributed by atoms with E-state index in [-0.39, 0.29) is 0 Å². The first-order valence-electron chi connectivity index (χ1n) is 5.75. The van der Waals surface area contributed by atoms with Crippen LogP contribution >= 0.6 is 0 Å². The van der Waals surface area contributed by atoms with Crippen LogP contribution in [0.1, 0.15) is 40.5 Å². The SMILES string of the molecule is CCC(NN(CC)C(C)CC)N(C)C. The highest BCUT2D eigenvalue weighted by atomic mass is 15.6.